The molecule has 2 N–H and O–H groups in total. The summed E-state index contributed by atoms with van der Waals surface area (Å²) in [5.74, 6) is 1.43. The van der Waals surface area contributed by atoms with Crippen LogP contribution in [0.15, 0.2) is 59.5 Å². The first-order valence-corrected chi connectivity index (χ1v) is 28.6. The Labute approximate surface area is 462 Å². The smallest absolute Gasteiger partial charge is 0.409 e. The van der Waals surface area contributed by atoms with Crippen LogP contribution in [0.4, 0.5) is 19.4 Å². The van der Waals surface area contributed by atoms with E-state index < -0.39 is 23.6 Å². The molecule has 418 valence electrons. The number of ether oxygens (including phenoxy) is 3. The third-order valence-electron chi connectivity index (χ3n) is 18.5. The summed E-state index contributed by atoms with van der Waals surface area (Å²) in [5, 5.41) is 7.60. The number of hydrogen-bond acceptors (Lipinski definition) is 14. The lowest BCUT2D eigenvalue weighted by molar-refractivity contribution is -0.135. The summed E-state index contributed by atoms with van der Waals surface area (Å²) in [6, 6.07) is 14.2. The molecule has 80 heavy (non-hydrogen) atoms. The highest BCUT2D eigenvalue weighted by molar-refractivity contribution is 6.02. The molecule has 3 aromatic carbocycles. The molecule has 0 radical (unpaired) electrons. The number of aryl methyl sites for hydroxylation is 1. The lowest BCUT2D eigenvalue weighted by atomic mass is 9.95. The lowest BCUT2D eigenvalue weighted by Gasteiger charge is -2.36. The Hall–Kier alpha value is -7.05. The van der Waals surface area contributed by atoms with Crippen molar-refractivity contribution in [2.45, 2.75) is 119 Å². The zero-order valence-electron chi connectivity index (χ0n) is 45.1. The van der Waals surface area contributed by atoms with Crippen LogP contribution in [0, 0.1) is 29.9 Å². The van der Waals surface area contributed by atoms with E-state index in [0.717, 1.165) is 101 Å². The van der Waals surface area contributed by atoms with Gasteiger partial charge in [-0.05, 0) is 112 Å². The van der Waals surface area contributed by atoms with Crippen molar-refractivity contribution >= 4 is 56.4 Å². The van der Waals surface area contributed by atoms with E-state index in [9.17, 15) is 19.2 Å². The van der Waals surface area contributed by atoms with E-state index in [1.807, 2.05) is 29.2 Å². The molecule has 2 bridgehead atoms. The predicted molar refractivity (Wildman–Crippen MR) is 296 cm³/mol. The number of nitrogens with zero attached hydrogens (tertiary/aromatic N) is 9. The number of halogens is 2. The SMILES string of the molecule is C#Cc1c(F)ccc2cccc(-c3ncc4c(N5CC6CCC(C5)N6)nc(OC[C@@]56CCCN5[C@H](COC(=O)N5CCC(COC7CCN(Cc8ccc9c(c8)n(C)c(=O)n9C8CCC(=O)NC8=O)CC7)CC5)CC6)nc4c3F)c12. The Balaban J connectivity index is 0.599. The number of terminal acetylenes is 1. The molecule has 6 aromatic rings. The fourth-order valence-electron chi connectivity index (χ4n) is 14.2. The van der Waals surface area contributed by atoms with Gasteiger partial charge >= 0.3 is 17.8 Å². The molecule has 7 aliphatic rings. The zero-order chi connectivity index (χ0) is 54.8. The molecule has 20 heteroatoms. The van der Waals surface area contributed by atoms with E-state index in [1.165, 1.54) is 10.6 Å². The minimum Gasteiger partial charge on any atom is -0.461 e. The van der Waals surface area contributed by atoms with Gasteiger partial charge in [0.25, 0.3) is 0 Å². The number of amides is 3. The quantitative estimate of drug-likeness (QED) is 0.0935. The summed E-state index contributed by atoms with van der Waals surface area (Å²) in [6.45, 7) is 7.28. The van der Waals surface area contributed by atoms with Gasteiger partial charge < -0.3 is 29.3 Å². The van der Waals surface area contributed by atoms with Gasteiger partial charge in [0.15, 0.2) is 5.82 Å². The Morgan fingerprint density at radius 3 is 2.49 bits per heavy atom. The molecule has 7 saturated heterocycles. The maximum atomic E-state index is 17.2. The molecular weight excluding hydrogens is 1020 g/mol. The van der Waals surface area contributed by atoms with Gasteiger partial charge in [0, 0.05) is 101 Å². The summed E-state index contributed by atoms with van der Waals surface area (Å²) in [7, 11) is 1.72. The summed E-state index contributed by atoms with van der Waals surface area (Å²) in [5.41, 5.74) is 2.46. The van der Waals surface area contributed by atoms with E-state index in [4.69, 9.17) is 30.6 Å². The van der Waals surface area contributed by atoms with E-state index >= 15 is 8.78 Å². The molecule has 7 fully saturated rings. The second kappa shape index (κ2) is 21.4. The van der Waals surface area contributed by atoms with Crippen LogP contribution in [0.2, 0.25) is 0 Å². The van der Waals surface area contributed by atoms with Gasteiger partial charge in [-0.15, -0.1) is 6.42 Å². The molecule has 10 heterocycles. The van der Waals surface area contributed by atoms with Crippen LogP contribution >= 0.6 is 0 Å². The number of piperazine rings is 1. The van der Waals surface area contributed by atoms with Crippen molar-refractivity contribution in [2.75, 3.05) is 70.5 Å². The molecule has 0 saturated carbocycles. The van der Waals surface area contributed by atoms with Crippen molar-refractivity contribution in [1.29, 1.82) is 0 Å². The summed E-state index contributed by atoms with van der Waals surface area (Å²) in [6.07, 6.45) is 17.0. The molecule has 13 rings (SSSR count). The number of hydrogen-bond donors (Lipinski definition) is 2. The Morgan fingerprint density at radius 1 is 0.887 bits per heavy atom. The fraction of sp³-hybridized carbons (Fsp3) is 0.517. The molecule has 0 spiro atoms. The lowest BCUT2D eigenvalue weighted by Crippen LogP contribution is -2.51. The normalized spacial score (nSPS) is 25.0. The Kier molecular flexibility index (Phi) is 14.0. The van der Waals surface area contributed by atoms with E-state index in [2.05, 4.69) is 36.2 Å². The maximum absolute atomic E-state index is 17.2. The third-order valence-corrected chi connectivity index (χ3v) is 18.5. The van der Waals surface area contributed by atoms with Crippen molar-refractivity contribution in [1.82, 2.24) is 49.4 Å². The average Bonchev–Trinajstić information content (AvgIpc) is 4.26. The average molecular weight is 1090 g/mol. The van der Waals surface area contributed by atoms with Crippen LogP contribution in [0.1, 0.15) is 94.2 Å². The number of pyridine rings is 1. The van der Waals surface area contributed by atoms with Gasteiger partial charge in [0.05, 0.1) is 33.6 Å². The highest BCUT2D eigenvalue weighted by Crippen LogP contribution is 2.44. The Morgan fingerprint density at radius 2 is 1.70 bits per heavy atom. The largest absolute Gasteiger partial charge is 0.461 e. The van der Waals surface area contributed by atoms with E-state index in [0.29, 0.717) is 96.9 Å². The van der Waals surface area contributed by atoms with Crippen molar-refractivity contribution in [3.05, 3.63) is 88.0 Å². The van der Waals surface area contributed by atoms with Crippen LogP contribution in [0.25, 0.3) is 44.0 Å². The monoisotopic (exact) mass is 1090 g/mol. The zero-order valence-corrected chi connectivity index (χ0v) is 45.1. The number of carbonyl (C=O) groups is 3. The molecule has 18 nitrogen and oxygen atoms in total. The number of anilines is 1. The molecule has 3 amide bonds. The minimum absolute atomic E-state index is 0.0160. The number of nitrogens with one attached hydrogen (secondary N) is 2. The van der Waals surface area contributed by atoms with Crippen LogP contribution in [-0.2, 0) is 32.7 Å². The highest BCUT2D eigenvalue weighted by Gasteiger charge is 2.50. The number of aromatic nitrogens is 5. The van der Waals surface area contributed by atoms with Crippen LogP contribution < -0.4 is 26.0 Å². The number of imidazole rings is 1. The van der Waals surface area contributed by atoms with E-state index in [-0.39, 0.29) is 71.2 Å². The topological polar surface area (TPSA) is 182 Å². The predicted octanol–water partition coefficient (Wildman–Crippen LogP) is 6.58. The van der Waals surface area contributed by atoms with E-state index in [1.54, 1.807) is 36.0 Å². The number of likely N-dealkylation sites (tertiary alicyclic amines) is 2. The number of benzene rings is 3. The second-order valence-electron chi connectivity index (χ2n) is 23.3. The summed E-state index contributed by atoms with van der Waals surface area (Å²) >= 11 is 0. The highest BCUT2D eigenvalue weighted by atomic mass is 19.1. The van der Waals surface area contributed by atoms with Crippen molar-refractivity contribution < 1.29 is 37.4 Å². The first-order chi connectivity index (χ1) is 38.9. The summed E-state index contributed by atoms with van der Waals surface area (Å²) < 4.78 is 54.5. The van der Waals surface area contributed by atoms with Crippen LogP contribution in [-0.4, -0.2) is 152 Å². The number of imide groups is 1. The third kappa shape index (κ3) is 9.72. The second-order valence-corrected chi connectivity index (χ2v) is 23.3. The summed E-state index contributed by atoms with van der Waals surface area (Å²) in [4.78, 5) is 74.5. The fourth-order valence-corrected chi connectivity index (χ4v) is 14.2. The van der Waals surface area contributed by atoms with Crippen molar-refractivity contribution in [3.63, 3.8) is 0 Å². The van der Waals surface area contributed by atoms with Gasteiger partial charge in [0.2, 0.25) is 11.8 Å². The standard InChI is InChI=1S/C60H67F2N11O7/c1-3-43-46(61)12-9-38-6-4-7-44(51(38)43)53-52(62)54-45(29-63-53)55(71-31-39-10-11-40(32-71)64-39)67-57(66-54)80-35-60-21-5-23-72(60)41(16-22-60)34-79-59(77)70-26-17-36(18-27-70)33-78-42-19-24-69(25-20-42)30-37-8-13-47-49(28-37)68(2)58(76)73(47)48-14-15-50(74)65-56(48)75/h1,4,6-9,12-13,28-29,36,39-42,48,64H,5,10-11,14-27,30-35H2,2H3,(H,65,74,75)/t39?,40?,41-,48?,60-/m0/s1. The van der Waals surface area contributed by atoms with Crippen LogP contribution in [0.5, 0.6) is 6.01 Å². The molecule has 5 atom stereocenters. The molecule has 3 aromatic heterocycles. The number of fused-ring (bicyclic) bond motifs is 6. The van der Waals surface area contributed by atoms with Crippen LogP contribution in [0.3, 0.4) is 0 Å². The number of rotatable bonds is 13. The first kappa shape index (κ1) is 52.3. The van der Waals surface area contributed by atoms with Crippen molar-refractivity contribution in [3.8, 4) is 29.6 Å². The number of carbonyl (C=O) groups excluding carboxylic acids is 3. The molecule has 3 unspecified atom stereocenters. The molecule has 7 aliphatic heterocycles. The van der Waals surface area contributed by atoms with Crippen molar-refractivity contribution in [2.24, 2.45) is 13.0 Å². The van der Waals surface area contributed by atoms with Gasteiger partial charge in [0.1, 0.15) is 42.1 Å². The molecular formula is C60H67F2N11O7. The first-order valence-electron chi connectivity index (χ1n) is 28.6. The Bertz CT molecular complexity index is 3520. The number of piperidine rings is 3. The van der Waals surface area contributed by atoms with Gasteiger partial charge in [-0.25, -0.2) is 18.4 Å². The van der Waals surface area contributed by atoms with Gasteiger partial charge in [-0.1, -0.05) is 36.3 Å². The minimum atomic E-state index is -0.710. The van der Waals surface area contributed by atoms with Gasteiger partial charge in [-0.2, -0.15) is 9.97 Å². The maximum Gasteiger partial charge on any atom is 0.409 e. The molecule has 0 aliphatic carbocycles. The van der Waals surface area contributed by atoms with Gasteiger partial charge in [-0.3, -0.25) is 38.8 Å².